The van der Waals surface area contributed by atoms with Gasteiger partial charge in [-0.3, -0.25) is 0 Å². The lowest BCUT2D eigenvalue weighted by Gasteiger charge is -2.37. The summed E-state index contributed by atoms with van der Waals surface area (Å²) in [7, 11) is 0. The van der Waals surface area contributed by atoms with Gasteiger partial charge in [0.2, 0.25) is 0 Å². The van der Waals surface area contributed by atoms with Gasteiger partial charge in [0, 0.05) is 0 Å². The minimum Gasteiger partial charge on any atom is -0.191 e. The van der Waals surface area contributed by atoms with Crippen LogP contribution in [0, 0.1) is 0 Å². The molecule has 0 aromatic carbocycles. The Bertz CT molecular complexity index is 401. The first-order chi connectivity index (χ1) is 9.15. The molecule has 1 nitrogen and oxygen atoms in total. The lowest BCUT2D eigenvalue weighted by molar-refractivity contribution is -0.491. The summed E-state index contributed by atoms with van der Waals surface area (Å²) in [4.78, 5) is 0. The number of alkyl halides is 14. The van der Waals surface area contributed by atoms with E-state index in [-0.39, 0.29) is 0 Å². The fraction of sp³-hybridized carbons (Fsp3) is 1.00. The number of rotatable bonds is 4. The van der Waals surface area contributed by atoms with Crippen LogP contribution < -0.4 is 0 Å². The average molecular weight is 371 g/mol. The first kappa shape index (κ1) is 20.9. The van der Waals surface area contributed by atoms with Crippen molar-refractivity contribution in [1.82, 2.24) is 5.12 Å². The van der Waals surface area contributed by atoms with Crippen LogP contribution in [0.4, 0.5) is 65.9 Å². The number of nitrogens with zero attached hydrogens (tertiary/aromatic N) is 1. The van der Waals surface area contributed by atoms with Crippen molar-refractivity contribution in [3.8, 4) is 0 Å². The van der Waals surface area contributed by atoms with Crippen LogP contribution >= 0.6 is 0 Å². The quantitative estimate of drug-likeness (QED) is 0.392. The molecule has 16 heteroatoms. The lowest BCUT2D eigenvalue weighted by atomic mass is 10.1. The van der Waals surface area contributed by atoms with Crippen LogP contribution in [-0.2, 0) is 0 Å². The molecule has 0 N–H and O–H groups in total. The van der Waals surface area contributed by atoms with Gasteiger partial charge >= 0.3 is 36.3 Å². The molecule has 0 atom stereocenters. The van der Waals surface area contributed by atoms with Crippen LogP contribution in [-0.4, -0.2) is 41.4 Å². The fourth-order valence-corrected chi connectivity index (χ4v) is 0.778. The Labute approximate surface area is 109 Å². The normalized spacial score (nSPS) is 16.4. The minimum atomic E-state index is -8.00. The van der Waals surface area contributed by atoms with E-state index in [9.17, 15) is 65.9 Å². The molecule has 0 bridgehead atoms. The second-order valence-electron chi connectivity index (χ2n) is 3.51. The lowest BCUT2D eigenvalue weighted by Crippen LogP contribution is -2.69. The zero-order valence-electron chi connectivity index (χ0n) is 9.12. The predicted molar refractivity (Wildman–Crippen MR) is 34.8 cm³/mol. The largest absolute Gasteiger partial charge is 0.472 e. The van der Waals surface area contributed by atoms with Crippen molar-refractivity contribution in [2.75, 3.05) is 0 Å². The highest BCUT2D eigenvalue weighted by Crippen LogP contribution is 2.56. The van der Waals surface area contributed by atoms with Crippen molar-refractivity contribution in [1.29, 1.82) is 0 Å². The second-order valence-corrected chi connectivity index (χ2v) is 3.51. The Balaban J connectivity index is 6.03. The monoisotopic (exact) mass is 371 g/mol. The van der Waals surface area contributed by atoms with Crippen molar-refractivity contribution in [2.45, 2.75) is 36.3 Å². The van der Waals surface area contributed by atoms with Gasteiger partial charge in [0.15, 0.2) is 0 Å². The van der Waals surface area contributed by atoms with Crippen LogP contribution in [0.3, 0.4) is 0 Å². The van der Waals surface area contributed by atoms with Crippen molar-refractivity contribution >= 4 is 0 Å². The molecule has 134 valence electrons. The smallest absolute Gasteiger partial charge is 0.191 e. The van der Waals surface area contributed by atoms with Crippen LogP contribution in [0.15, 0.2) is 0 Å². The Morgan fingerprint density at radius 3 is 0.955 bits per heavy atom. The van der Waals surface area contributed by atoms with Crippen LogP contribution in [0.2, 0.25) is 0 Å². The maximum Gasteiger partial charge on any atom is 0.472 e. The van der Waals surface area contributed by atoms with Crippen molar-refractivity contribution in [3.05, 3.63) is 0 Å². The Morgan fingerprint density at radius 2 is 0.727 bits per heavy atom. The molecule has 0 heterocycles. The van der Waals surface area contributed by atoms with Gasteiger partial charge in [-0.1, -0.05) is 0 Å². The summed E-state index contributed by atoms with van der Waals surface area (Å²) in [5.74, 6) is -15.8. The van der Waals surface area contributed by atoms with E-state index in [1.807, 2.05) is 0 Å². The zero-order valence-corrected chi connectivity index (χ0v) is 9.12. The summed E-state index contributed by atoms with van der Waals surface area (Å²) >= 11 is 0. The molecule has 0 aromatic heterocycles. The van der Waals surface area contributed by atoms with Crippen LogP contribution in [0.1, 0.15) is 0 Å². The zero-order chi connectivity index (χ0) is 18.6. The van der Waals surface area contributed by atoms with E-state index in [0.29, 0.717) is 0 Å². The van der Waals surface area contributed by atoms with Gasteiger partial charge < -0.3 is 0 Å². The third-order valence-electron chi connectivity index (χ3n) is 1.96. The molecule has 0 fully saturated rings. The van der Waals surface area contributed by atoms with E-state index in [4.69, 9.17) is 0 Å². The van der Waals surface area contributed by atoms with E-state index < -0.39 is 41.4 Å². The van der Waals surface area contributed by atoms with Gasteiger partial charge in [0.25, 0.3) is 0 Å². The van der Waals surface area contributed by atoms with Gasteiger partial charge in [-0.2, -0.15) is 61.5 Å². The molecule has 0 aliphatic heterocycles. The Kier molecular flexibility index (Phi) is 4.71. The summed E-state index contributed by atoms with van der Waals surface area (Å²) in [6.07, 6.45) is -14.8. The predicted octanol–water partition coefficient (Wildman–Crippen LogP) is 4.75. The van der Waals surface area contributed by atoms with Gasteiger partial charge in [0.05, 0.1) is 0 Å². The fourth-order valence-electron chi connectivity index (χ4n) is 0.778. The first-order valence-corrected chi connectivity index (χ1v) is 4.26. The van der Waals surface area contributed by atoms with Gasteiger partial charge in [-0.05, 0) is 5.12 Å². The van der Waals surface area contributed by atoms with Crippen LogP contribution in [0.5, 0.6) is 0 Å². The molecule has 0 saturated carbocycles. The highest BCUT2D eigenvalue weighted by Gasteiger charge is 2.87. The number of hydrogen-bond donors (Lipinski definition) is 0. The number of halogens is 15. The summed E-state index contributed by atoms with van der Waals surface area (Å²) < 4.78 is 180. The van der Waals surface area contributed by atoms with Gasteiger partial charge in [-0.15, -0.1) is 4.48 Å². The molecule has 0 amide bonds. The molecule has 0 aromatic rings. The molecule has 0 radical (unpaired) electrons. The summed E-state index contributed by atoms with van der Waals surface area (Å²) in [6.45, 7) is 0. The average Bonchev–Trinajstić information content (AvgIpc) is 2.24. The topological polar surface area (TPSA) is 3.24 Å². The van der Waals surface area contributed by atoms with Crippen molar-refractivity contribution < 1.29 is 65.9 Å². The third kappa shape index (κ3) is 2.76. The van der Waals surface area contributed by atoms with Gasteiger partial charge in [0.1, 0.15) is 0 Å². The standard InChI is InChI=1S/C6F15N/c7-1(8,3(11,12)13)2(9,10)5(17,18)22(21)6(19,20)4(14,15)16. The molecule has 0 rings (SSSR count). The molecule has 0 saturated heterocycles. The van der Waals surface area contributed by atoms with Crippen molar-refractivity contribution in [2.24, 2.45) is 0 Å². The Morgan fingerprint density at radius 1 is 0.409 bits per heavy atom. The van der Waals surface area contributed by atoms with E-state index in [0.717, 1.165) is 0 Å². The summed E-state index contributed by atoms with van der Waals surface area (Å²) in [5.41, 5.74) is 0. The second kappa shape index (κ2) is 4.95. The van der Waals surface area contributed by atoms with E-state index in [1.54, 1.807) is 0 Å². The summed E-state index contributed by atoms with van der Waals surface area (Å²) in [6, 6.07) is -15.4. The summed E-state index contributed by atoms with van der Waals surface area (Å²) in [5, 5.41) is -4.40. The van der Waals surface area contributed by atoms with Gasteiger partial charge in [-0.25, -0.2) is 0 Å². The maximum atomic E-state index is 12.5. The van der Waals surface area contributed by atoms with Crippen LogP contribution in [0.25, 0.3) is 0 Å². The first-order valence-electron chi connectivity index (χ1n) is 4.26. The molecular weight excluding hydrogens is 371 g/mol. The van der Waals surface area contributed by atoms with Crippen molar-refractivity contribution in [3.63, 3.8) is 0 Å². The molecule has 0 unspecified atom stereocenters. The van der Waals surface area contributed by atoms with E-state index in [2.05, 4.69) is 0 Å². The van der Waals surface area contributed by atoms with E-state index in [1.165, 1.54) is 0 Å². The van der Waals surface area contributed by atoms with E-state index >= 15 is 0 Å². The number of hydrogen-bond acceptors (Lipinski definition) is 1. The Hall–Kier alpha value is -1.09. The third-order valence-corrected chi connectivity index (χ3v) is 1.96. The maximum absolute atomic E-state index is 12.5. The minimum absolute atomic E-state index is 4.40. The highest BCUT2D eigenvalue weighted by molar-refractivity contribution is 5.00. The molecule has 0 spiro atoms. The molecule has 0 aliphatic rings. The molecular formula is C6F15N. The molecule has 22 heavy (non-hydrogen) atoms. The highest BCUT2D eigenvalue weighted by atomic mass is 19.4. The SMILES string of the molecule is FN(C(F)(F)C(F)(F)F)C(F)(F)C(F)(F)C(F)(F)C(F)(F)F. The molecule has 0 aliphatic carbocycles.